The summed E-state index contributed by atoms with van der Waals surface area (Å²) in [6, 6.07) is 7.41. The highest BCUT2D eigenvalue weighted by Gasteiger charge is 2.80. The predicted octanol–water partition coefficient (Wildman–Crippen LogP) is 1.71. The maximum atomic E-state index is 12.5. The highest BCUT2D eigenvalue weighted by Crippen LogP contribution is 2.51. The molecule has 3 rings (SSSR count). The number of benzene rings is 1. The first-order valence-electron chi connectivity index (χ1n) is 7.24. The lowest BCUT2D eigenvalue weighted by Crippen LogP contribution is -2.77. The van der Waals surface area contributed by atoms with Crippen molar-refractivity contribution in [2.75, 3.05) is 7.05 Å². The quantitative estimate of drug-likeness (QED) is 0.709. The van der Waals surface area contributed by atoms with Crippen LogP contribution in [-0.4, -0.2) is 41.1 Å². The summed E-state index contributed by atoms with van der Waals surface area (Å²) >= 11 is 3.43. The van der Waals surface area contributed by atoms with Crippen LogP contribution >= 0.6 is 15.9 Å². The van der Waals surface area contributed by atoms with E-state index in [9.17, 15) is 9.59 Å². The topological polar surface area (TPSA) is 52.6 Å². The molecular weight excluding hydrogens is 349 g/mol. The van der Waals surface area contributed by atoms with Crippen LogP contribution in [0.3, 0.4) is 0 Å². The number of hydrogen-bond donors (Lipinski definition) is 0. The number of fused-ring (bicyclic) bond motifs is 1. The van der Waals surface area contributed by atoms with Gasteiger partial charge < -0.3 is 13.7 Å². The second-order valence-electron chi connectivity index (χ2n) is 7.23. The van der Waals surface area contributed by atoms with Gasteiger partial charge in [-0.2, -0.15) is 0 Å². The summed E-state index contributed by atoms with van der Waals surface area (Å²) in [7, 11) is 1.87. The van der Waals surface area contributed by atoms with E-state index in [1.54, 1.807) is 27.7 Å². The van der Waals surface area contributed by atoms with E-state index in [-0.39, 0.29) is 16.3 Å². The summed E-state index contributed by atoms with van der Waals surface area (Å²) in [5.41, 5.74) is -1.08. The minimum atomic E-state index is -2.29. The third-order valence-electron chi connectivity index (χ3n) is 5.80. The zero-order valence-electron chi connectivity index (χ0n) is 13.3. The lowest BCUT2D eigenvalue weighted by Gasteiger charge is -2.54. The van der Waals surface area contributed by atoms with Crippen molar-refractivity contribution in [3.8, 4) is 0 Å². The zero-order valence-corrected chi connectivity index (χ0v) is 14.9. The first kappa shape index (κ1) is 15.6. The summed E-state index contributed by atoms with van der Waals surface area (Å²) in [5, 5.41) is 0. The number of halogens is 1. The van der Waals surface area contributed by atoms with Gasteiger partial charge in [0.2, 0.25) is 0 Å². The first-order chi connectivity index (χ1) is 10.0. The molecule has 2 aliphatic rings. The van der Waals surface area contributed by atoms with Crippen LogP contribution in [-0.2, 0) is 18.9 Å². The molecule has 1 aromatic rings. The Kier molecular flexibility index (Phi) is 2.93. The standard InChI is InChI=1S/C15H19BBrNO4/c1-14(2)12(19)21-16(10-7-6-8-11(17)9-10)18(14,5)15(3,4)13(20)22-16/h6-9H,1-5H3. The molecule has 2 saturated heterocycles. The molecule has 0 saturated carbocycles. The van der Waals surface area contributed by atoms with E-state index in [0.717, 1.165) is 4.47 Å². The Morgan fingerprint density at radius 1 is 1.05 bits per heavy atom. The molecule has 0 spiro atoms. The van der Waals surface area contributed by atoms with E-state index < -0.39 is 17.8 Å². The molecule has 0 atom stereocenters. The van der Waals surface area contributed by atoms with Crippen molar-refractivity contribution in [2.24, 2.45) is 0 Å². The van der Waals surface area contributed by atoms with Gasteiger partial charge in [-0.05, 0) is 39.2 Å². The van der Waals surface area contributed by atoms with Crippen molar-refractivity contribution >= 4 is 40.0 Å². The van der Waals surface area contributed by atoms with Crippen molar-refractivity contribution < 1.29 is 23.3 Å². The highest BCUT2D eigenvalue weighted by molar-refractivity contribution is 9.10. The Morgan fingerprint density at radius 2 is 1.55 bits per heavy atom. The van der Waals surface area contributed by atoms with Crippen LogP contribution in [0.5, 0.6) is 0 Å². The largest absolute Gasteiger partial charge is 0.615 e. The van der Waals surface area contributed by atoms with E-state index in [1.807, 2.05) is 31.3 Å². The van der Waals surface area contributed by atoms with Crippen LogP contribution in [0.4, 0.5) is 0 Å². The molecule has 0 radical (unpaired) electrons. The van der Waals surface area contributed by atoms with Crippen LogP contribution in [0.25, 0.3) is 0 Å². The number of rotatable bonds is 1. The summed E-state index contributed by atoms with van der Waals surface area (Å²) in [6.45, 7) is 4.93. The van der Waals surface area contributed by atoms with Gasteiger partial charge in [0, 0.05) is 11.5 Å². The molecule has 0 unspecified atom stereocenters. The average molecular weight is 368 g/mol. The molecule has 7 heteroatoms. The number of carbonyl (C=O) groups is 2. The van der Waals surface area contributed by atoms with Gasteiger partial charge in [-0.1, -0.05) is 34.1 Å². The van der Waals surface area contributed by atoms with Crippen LogP contribution < -0.4 is 5.46 Å². The normalized spacial score (nSPS) is 35.0. The van der Waals surface area contributed by atoms with E-state index >= 15 is 0 Å². The Labute approximate surface area is 138 Å². The molecule has 118 valence electrons. The number of quaternary nitrogens is 1. The fraction of sp³-hybridized carbons (Fsp3) is 0.467. The van der Waals surface area contributed by atoms with Gasteiger partial charge in [0.15, 0.2) is 11.1 Å². The summed E-state index contributed by atoms with van der Waals surface area (Å²) in [6.07, 6.45) is 0. The Morgan fingerprint density at radius 3 is 2.00 bits per heavy atom. The second-order valence-corrected chi connectivity index (χ2v) is 8.15. The number of likely N-dealkylation sites (N-methyl/N-ethyl adjacent to an activating group) is 1. The lowest BCUT2D eigenvalue weighted by atomic mass is 9.58. The average Bonchev–Trinajstić information content (AvgIpc) is 2.68. The molecule has 0 aliphatic carbocycles. The SMILES string of the molecule is CC1(C)C(=O)O[B-]2(c3cccc(Br)c3)OC(=O)C(C)(C)[N+]21C. The smallest absolute Gasteiger partial charge is 0.596 e. The summed E-state index contributed by atoms with van der Waals surface area (Å²) in [5.74, 6) is -0.703. The molecule has 2 fully saturated rings. The fourth-order valence-corrected chi connectivity index (χ4v) is 4.33. The molecule has 1 aromatic carbocycles. The minimum absolute atomic E-state index is 0.0775. The van der Waals surface area contributed by atoms with Crippen molar-refractivity contribution in [1.29, 1.82) is 0 Å². The molecule has 22 heavy (non-hydrogen) atoms. The summed E-state index contributed by atoms with van der Waals surface area (Å²) in [4.78, 5) is 25.1. The summed E-state index contributed by atoms with van der Waals surface area (Å²) < 4.78 is 12.5. The highest BCUT2D eigenvalue weighted by atomic mass is 79.9. The van der Waals surface area contributed by atoms with Crippen LogP contribution in [0.2, 0.25) is 0 Å². The minimum Gasteiger partial charge on any atom is -0.596 e. The van der Waals surface area contributed by atoms with Crippen molar-refractivity contribution in [2.45, 2.75) is 38.8 Å². The Balaban J connectivity index is 2.35. The second kappa shape index (κ2) is 4.14. The van der Waals surface area contributed by atoms with Crippen molar-refractivity contribution in [3.63, 3.8) is 0 Å². The molecule has 5 nitrogen and oxygen atoms in total. The molecule has 0 amide bonds. The van der Waals surface area contributed by atoms with E-state index in [4.69, 9.17) is 9.31 Å². The van der Waals surface area contributed by atoms with Gasteiger partial charge in [0.25, 0.3) is 0 Å². The first-order valence-corrected chi connectivity index (χ1v) is 8.03. The number of hydrogen-bond acceptors (Lipinski definition) is 4. The fourth-order valence-electron chi connectivity index (χ4n) is 3.91. The van der Waals surface area contributed by atoms with Crippen molar-refractivity contribution in [1.82, 2.24) is 0 Å². The van der Waals surface area contributed by atoms with Gasteiger partial charge in [-0.25, -0.2) is 9.59 Å². The Hall–Kier alpha value is -1.34. The molecule has 2 heterocycles. The third-order valence-corrected chi connectivity index (χ3v) is 6.30. The van der Waals surface area contributed by atoms with Crippen LogP contribution in [0.15, 0.2) is 28.7 Å². The van der Waals surface area contributed by atoms with Crippen LogP contribution in [0, 0.1) is 0 Å². The van der Waals surface area contributed by atoms with Gasteiger partial charge >= 0.3 is 18.6 Å². The maximum Gasteiger partial charge on any atom is 0.615 e. The lowest BCUT2D eigenvalue weighted by molar-refractivity contribution is -0.885. The van der Waals surface area contributed by atoms with E-state index in [0.29, 0.717) is 5.46 Å². The predicted molar refractivity (Wildman–Crippen MR) is 86.1 cm³/mol. The molecule has 0 bridgehead atoms. The Bertz CT molecular complexity index is 671. The van der Waals surface area contributed by atoms with Crippen molar-refractivity contribution in [3.05, 3.63) is 28.7 Å². The maximum absolute atomic E-state index is 12.5. The van der Waals surface area contributed by atoms with Gasteiger partial charge in [-0.15, -0.1) is 0 Å². The van der Waals surface area contributed by atoms with E-state index in [1.165, 1.54) is 0 Å². The number of carbonyl (C=O) groups excluding carboxylic acids is 2. The van der Waals surface area contributed by atoms with Gasteiger partial charge in [-0.3, -0.25) is 0 Å². The van der Waals surface area contributed by atoms with Gasteiger partial charge in [0.05, 0.1) is 0 Å². The molecule has 0 N–H and O–H groups in total. The monoisotopic (exact) mass is 367 g/mol. The molecule has 0 aromatic heterocycles. The van der Waals surface area contributed by atoms with E-state index in [2.05, 4.69) is 15.9 Å². The third kappa shape index (κ3) is 1.44. The molecule has 2 aliphatic heterocycles. The van der Waals surface area contributed by atoms with Crippen LogP contribution in [0.1, 0.15) is 27.7 Å². The number of nitrogens with zero attached hydrogens (tertiary/aromatic N) is 1. The molecular formula is C15H19BBrNO4. The van der Waals surface area contributed by atoms with Gasteiger partial charge in [0.1, 0.15) is 0 Å². The zero-order chi connectivity index (χ0) is 16.6.